The van der Waals surface area contributed by atoms with E-state index in [1.54, 1.807) is 18.4 Å². The number of nitrogens with one attached hydrogen (secondary N) is 2. The molecule has 1 atom stereocenters. The van der Waals surface area contributed by atoms with Crippen molar-refractivity contribution in [1.29, 1.82) is 0 Å². The molecule has 1 aromatic heterocycles. The Morgan fingerprint density at radius 1 is 1.67 bits per heavy atom. The Morgan fingerprint density at radius 3 is 2.93 bits per heavy atom. The standard InChI is InChI=1S/C10H17N3OS/c1-7-6-15-9(13-7)4-5-12-10(14)8(2)11-3/h6,8,11H,4-5H2,1-3H3,(H,12,14). The number of carbonyl (C=O) groups is 1. The lowest BCUT2D eigenvalue weighted by Crippen LogP contribution is -2.41. The lowest BCUT2D eigenvalue weighted by atomic mass is 10.3. The van der Waals surface area contributed by atoms with Gasteiger partial charge < -0.3 is 10.6 Å². The molecule has 0 radical (unpaired) electrons. The van der Waals surface area contributed by atoms with Gasteiger partial charge in [0.2, 0.25) is 5.91 Å². The number of aromatic nitrogens is 1. The molecule has 5 heteroatoms. The Kier molecular flexibility index (Phi) is 4.71. The first kappa shape index (κ1) is 12.1. The summed E-state index contributed by atoms with van der Waals surface area (Å²) in [6.07, 6.45) is 0.806. The van der Waals surface area contributed by atoms with Gasteiger partial charge in [-0.2, -0.15) is 0 Å². The van der Waals surface area contributed by atoms with E-state index in [1.807, 2.05) is 19.2 Å². The molecule has 1 amide bonds. The maximum absolute atomic E-state index is 11.4. The largest absolute Gasteiger partial charge is 0.354 e. The highest BCUT2D eigenvalue weighted by Crippen LogP contribution is 2.08. The third-order valence-electron chi connectivity index (χ3n) is 2.13. The van der Waals surface area contributed by atoms with E-state index >= 15 is 0 Å². The van der Waals surface area contributed by atoms with Crippen molar-refractivity contribution in [3.8, 4) is 0 Å². The summed E-state index contributed by atoms with van der Waals surface area (Å²) in [5.74, 6) is 0.0331. The summed E-state index contributed by atoms with van der Waals surface area (Å²) in [5.41, 5.74) is 1.05. The van der Waals surface area contributed by atoms with Crippen molar-refractivity contribution in [3.05, 3.63) is 16.1 Å². The van der Waals surface area contributed by atoms with E-state index in [0.717, 1.165) is 17.1 Å². The first-order valence-electron chi connectivity index (χ1n) is 4.99. The van der Waals surface area contributed by atoms with Crippen LogP contribution in [0.25, 0.3) is 0 Å². The van der Waals surface area contributed by atoms with Crippen LogP contribution < -0.4 is 10.6 Å². The van der Waals surface area contributed by atoms with E-state index in [4.69, 9.17) is 0 Å². The van der Waals surface area contributed by atoms with Crippen LogP contribution in [0.5, 0.6) is 0 Å². The van der Waals surface area contributed by atoms with Crippen LogP contribution in [0.1, 0.15) is 17.6 Å². The van der Waals surface area contributed by atoms with Crippen LogP contribution in [-0.4, -0.2) is 30.5 Å². The molecule has 1 heterocycles. The molecular formula is C10H17N3OS. The van der Waals surface area contributed by atoms with Crippen LogP contribution >= 0.6 is 11.3 Å². The predicted molar refractivity (Wildman–Crippen MR) is 62.1 cm³/mol. The minimum Gasteiger partial charge on any atom is -0.354 e. The van der Waals surface area contributed by atoms with Crippen molar-refractivity contribution < 1.29 is 4.79 Å². The number of aryl methyl sites for hydroxylation is 1. The van der Waals surface area contributed by atoms with Gasteiger partial charge >= 0.3 is 0 Å². The predicted octanol–water partition coefficient (Wildman–Crippen LogP) is 0.718. The highest BCUT2D eigenvalue weighted by Gasteiger charge is 2.08. The van der Waals surface area contributed by atoms with E-state index in [0.29, 0.717) is 6.54 Å². The van der Waals surface area contributed by atoms with E-state index in [-0.39, 0.29) is 11.9 Å². The Morgan fingerprint density at radius 2 is 2.40 bits per heavy atom. The molecule has 1 rings (SSSR count). The smallest absolute Gasteiger partial charge is 0.236 e. The second kappa shape index (κ2) is 5.82. The second-order valence-corrected chi connectivity index (χ2v) is 4.38. The third kappa shape index (κ3) is 3.97. The average molecular weight is 227 g/mol. The van der Waals surface area contributed by atoms with Gasteiger partial charge in [-0.3, -0.25) is 4.79 Å². The molecule has 0 aliphatic rings. The summed E-state index contributed by atoms with van der Waals surface area (Å²) >= 11 is 1.64. The van der Waals surface area contributed by atoms with Crippen molar-refractivity contribution in [3.63, 3.8) is 0 Å². The molecule has 0 aromatic carbocycles. The number of likely N-dealkylation sites (N-methyl/N-ethyl adjacent to an activating group) is 1. The highest BCUT2D eigenvalue weighted by atomic mass is 32.1. The Balaban J connectivity index is 2.24. The molecule has 0 saturated heterocycles. The SMILES string of the molecule is CNC(C)C(=O)NCCc1nc(C)cs1. The van der Waals surface area contributed by atoms with Crippen LogP contribution in [0.3, 0.4) is 0 Å². The number of thiazole rings is 1. The van der Waals surface area contributed by atoms with Gasteiger partial charge in [-0.1, -0.05) is 0 Å². The van der Waals surface area contributed by atoms with Gasteiger partial charge in [0, 0.05) is 24.0 Å². The molecule has 4 nitrogen and oxygen atoms in total. The number of hydrogen-bond donors (Lipinski definition) is 2. The maximum atomic E-state index is 11.4. The molecule has 0 saturated carbocycles. The fraction of sp³-hybridized carbons (Fsp3) is 0.600. The minimum atomic E-state index is -0.136. The van der Waals surface area contributed by atoms with Crippen molar-refractivity contribution in [2.45, 2.75) is 26.3 Å². The Bertz CT molecular complexity index is 324. The van der Waals surface area contributed by atoms with Crippen molar-refractivity contribution in [2.24, 2.45) is 0 Å². The van der Waals surface area contributed by atoms with E-state index in [1.165, 1.54) is 0 Å². The lowest BCUT2D eigenvalue weighted by molar-refractivity contribution is -0.122. The zero-order valence-electron chi connectivity index (χ0n) is 9.33. The van der Waals surface area contributed by atoms with Crippen molar-refractivity contribution in [1.82, 2.24) is 15.6 Å². The summed E-state index contributed by atoms with van der Waals surface area (Å²) in [4.78, 5) is 15.7. The monoisotopic (exact) mass is 227 g/mol. The lowest BCUT2D eigenvalue weighted by Gasteiger charge is -2.09. The van der Waals surface area contributed by atoms with Gasteiger partial charge in [0.15, 0.2) is 0 Å². The molecule has 84 valence electrons. The van der Waals surface area contributed by atoms with Crippen molar-refractivity contribution in [2.75, 3.05) is 13.6 Å². The average Bonchev–Trinajstić information content (AvgIpc) is 2.63. The van der Waals surface area contributed by atoms with Crippen LogP contribution in [0.2, 0.25) is 0 Å². The number of carbonyl (C=O) groups excluding carboxylic acids is 1. The van der Waals surface area contributed by atoms with Crippen LogP contribution in [0, 0.1) is 6.92 Å². The van der Waals surface area contributed by atoms with Gasteiger partial charge in [0.1, 0.15) is 0 Å². The third-order valence-corrected chi connectivity index (χ3v) is 3.16. The number of hydrogen-bond acceptors (Lipinski definition) is 4. The first-order valence-corrected chi connectivity index (χ1v) is 5.87. The molecule has 15 heavy (non-hydrogen) atoms. The zero-order valence-corrected chi connectivity index (χ0v) is 10.1. The topological polar surface area (TPSA) is 54.0 Å². The summed E-state index contributed by atoms with van der Waals surface area (Å²) in [7, 11) is 1.77. The van der Waals surface area contributed by atoms with Gasteiger partial charge in [0.05, 0.1) is 11.0 Å². The van der Waals surface area contributed by atoms with Gasteiger partial charge in [-0.15, -0.1) is 11.3 Å². The molecule has 0 fully saturated rings. The molecule has 1 aromatic rings. The van der Waals surface area contributed by atoms with Crippen molar-refractivity contribution >= 4 is 17.2 Å². The highest BCUT2D eigenvalue weighted by molar-refractivity contribution is 7.09. The van der Waals surface area contributed by atoms with E-state index in [9.17, 15) is 4.79 Å². The van der Waals surface area contributed by atoms with E-state index < -0.39 is 0 Å². The first-order chi connectivity index (χ1) is 7.13. The Hall–Kier alpha value is -0.940. The number of amides is 1. The summed E-state index contributed by atoms with van der Waals surface area (Å²) in [6, 6.07) is -0.136. The van der Waals surface area contributed by atoms with Gasteiger partial charge in [-0.05, 0) is 20.9 Å². The van der Waals surface area contributed by atoms with Gasteiger partial charge in [0.25, 0.3) is 0 Å². The molecular weight excluding hydrogens is 210 g/mol. The summed E-state index contributed by atoms with van der Waals surface area (Å²) < 4.78 is 0. The Labute approximate surface area is 94.1 Å². The molecule has 1 unspecified atom stereocenters. The van der Waals surface area contributed by atoms with E-state index in [2.05, 4.69) is 15.6 Å². The second-order valence-electron chi connectivity index (χ2n) is 3.43. The zero-order chi connectivity index (χ0) is 11.3. The maximum Gasteiger partial charge on any atom is 0.236 e. The van der Waals surface area contributed by atoms with Crippen LogP contribution in [-0.2, 0) is 11.2 Å². The van der Waals surface area contributed by atoms with Crippen LogP contribution in [0.4, 0.5) is 0 Å². The number of rotatable bonds is 5. The normalized spacial score (nSPS) is 12.5. The number of nitrogens with zero attached hydrogens (tertiary/aromatic N) is 1. The molecule has 0 bridgehead atoms. The molecule has 0 aliphatic carbocycles. The molecule has 0 aliphatic heterocycles. The summed E-state index contributed by atoms with van der Waals surface area (Å²) in [5, 5.41) is 8.84. The summed E-state index contributed by atoms with van der Waals surface area (Å²) in [6.45, 7) is 4.46. The minimum absolute atomic E-state index is 0.0331. The molecule has 0 spiro atoms. The van der Waals surface area contributed by atoms with Gasteiger partial charge in [-0.25, -0.2) is 4.98 Å². The quantitative estimate of drug-likeness (QED) is 0.779. The van der Waals surface area contributed by atoms with Crippen LogP contribution in [0.15, 0.2) is 5.38 Å². The molecule has 2 N–H and O–H groups in total. The fourth-order valence-electron chi connectivity index (χ4n) is 1.09. The fourth-order valence-corrected chi connectivity index (χ4v) is 1.87.